The van der Waals surface area contributed by atoms with E-state index in [1.54, 1.807) is 19.2 Å². The zero-order chi connectivity index (χ0) is 13.3. The number of piperazine rings is 1. The lowest BCUT2D eigenvalue weighted by Gasteiger charge is -2.36. The monoisotopic (exact) mass is 250 g/mol. The average molecular weight is 250 g/mol. The number of aryl methyl sites for hydroxylation is 1. The second kappa shape index (κ2) is 4.89. The van der Waals surface area contributed by atoms with E-state index in [1.165, 1.54) is 0 Å². The van der Waals surface area contributed by atoms with Crippen molar-refractivity contribution in [2.24, 2.45) is 0 Å². The highest BCUT2D eigenvalue weighted by molar-refractivity contribution is 5.61. The number of nitrogens with one attached hydrogen (secondary N) is 1. The van der Waals surface area contributed by atoms with Crippen LogP contribution >= 0.6 is 0 Å². The predicted molar refractivity (Wildman–Crippen MR) is 69.9 cm³/mol. The second-order valence-electron chi connectivity index (χ2n) is 4.93. The van der Waals surface area contributed by atoms with Gasteiger partial charge in [-0.05, 0) is 26.8 Å². The van der Waals surface area contributed by atoms with Crippen molar-refractivity contribution >= 4 is 11.5 Å². The molecule has 1 N–H and O–H groups in total. The van der Waals surface area contributed by atoms with Crippen LogP contribution in [0.3, 0.4) is 0 Å². The van der Waals surface area contributed by atoms with Gasteiger partial charge in [0.05, 0.1) is 4.92 Å². The van der Waals surface area contributed by atoms with Gasteiger partial charge in [-0.2, -0.15) is 0 Å². The Bertz CT molecular complexity index is 453. The SMILES string of the molecule is Cc1ccnc(N2CC(C)NC(C)C2)c1[N+](=O)[O-]. The first-order chi connectivity index (χ1) is 8.49. The fourth-order valence-corrected chi connectivity index (χ4v) is 2.49. The number of nitro groups is 1. The predicted octanol–water partition coefficient (Wildman–Crippen LogP) is 1.48. The smallest absolute Gasteiger partial charge is 0.314 e. The van der Waals surface area contributed by atoms with Gasteiger partial charge < -0.3 is 10.2 Å². The molecule has 2 heterocycles. The van der Waals surface area contributed by atoms with Gasteiger partial charge in [-0.3, -0.25) is 10.1 Å². The number of hydrogen-bond donors (Lipinski definition) is 1. The van der Waals surface area contributed by atoms with Crippen LogP contribution in [-0.4, -0.2) is 35.1 Å². The zero-order valence-electron chi connectivity index (χ0n) is 10.9. The van der Waals surface area contributed by atoms with E-state index in [1.807, 2.05) is 4.90 Å². The molecular formula is C12H18N4O2. The molecule has 1 aromatic rings. The van der Waals surface area contributed by atoms with Crippen molar-refractivity contribution in [1.82, 2.24) is 10.3 Å². The molecule has 0 radical (unpaired) electrons. The second-order valence-corrected chi connectivity index (χ2v) is 4.93. The largest absolute Gasteiger partial charge is 0.348 e. The Kier molecular flexibility index (Phi) is 3.47. The van der Waals surface area contributed by atoms with Crippen molar-refractivity contribution in [3.8, 4) is 0 Å². The summed E-state index contributed by atoms with van der Waals surface area (Å²) in [6, 6.07) is 2.28. The minimum absolute atomic E-state index is 0.124. The van der Waals surface area contributed by atoms with Crippen LogP contribution in [-0.2, 0) is 0 Å². The first-order valence-electron chi connectivity index (χ1n) is 6.10. The highest BCUT2D eigenvalue weighted by atomic mass is 16.6. The molecule has 0 aromatic carbocycles. The molecule has 0 amide bonds. The van der Waals surface area contributed by atoms with E-state index in [9.17, 15) is 10.1 Å². The van der Waals surface area contributed by atoms with E-state index in [0.717, 1.165) is 13.1 Å². The maximum Gasteiger partial charge on any atom is 0.314 e. The highest BCUT2D eigenvalue weighted by Gasteiger charge is 2.28. The Morgan fingerprint density at radius 2 is 2.06 bits per heavy atom. The molecule has 0 bridgehead atoms. The zero-order valence-corrected chi connectivity index (χ0v) is 10.9. The van der Waals surface area contributed by atoms with Crippen LogP contribution < -0.4 is 10.2 Å². The molecule has 1 saturated heterocycles. The number of rotatable bonds is 2. The number of aromatic nitrogens is 1. The summed E-state index contributed by atoms with van der Waals surface area (Å²) in [5.74, 6) is 0.486. The minimum atomic E-state index is -0.338. The molecule has 6 heteroatoms. The number of nitrogens with zero attached hydrogens (tertiary/aromatic N) is 3. The summed E-state index contributed by atoms with van der Waals surface area (Å²) < 4.78 is 0. The first kappa shape index (κ1) is 12.8. The average Bonchev–Trinajstić information content (AvgIpc) is 2.26. The number of hydrogen-bond acceptors (Lipinski definition) is 5. The summed E-state index contributed by atoms with van der Waals surface area (Å²) in [6.07, 6.45) is 1.63. The highest BCUT2D eigenvalue weighted by Crippen LogP contribution is 2.29. The molecular weight excluding hydrogens is 232 g/mol. The molecule has 1 aliphatic rings. The Morgan fingerprint density at radius 1 is 1.44 bits per heavy atom. The molecule has 2 atom stereocenters. The van der Waals surface area contributed by atoms with E-state index in [-0.39, 0.29) is 10.6 Å². The van der Waals surface area contributed by atoms with Crippen LogP contribution in [0.25, 0.3) is 0 Å². The van der Waals surface area contributed by atoms with E-state index in [0.29, 0.717) is 23.5 Å². The van der Waals surface area contributed by atoms with Crippen molar-refractivity contribution in [2.45, 2.75) is 32.9 Å². The van der Waals surface area contributed by atoms with Crippen molar-refractivity contribution < 1.29 is 4.92 Å². The van der Waals surface area contributed by atoms with Gasteiger partial charge in [0.25, 0.3) is 0 Å². The van der Waals surface area contributed by atoms with Gasteiger partial charge in [-0.25, -0.2) is 4.98 Å². The molecule has 2 rings (SSSR count). The van der Waals surface area contributed by atoms with Gasteiger partial charge in [0.15, 0.2) is 0 Å². The van der Waals surface area contributed by atoms with Gasteiger partial charge in [0.1, 0.15) is 0 Å². The lowest BCUT2D eigenvalue weighted by atomic mass is 10.1. The van der Waals surface area contributed by atoms with Crippen molar-refractivity contribution in [3.63, 3.8) is 0 Å². The van der Waals surface area contributed by atoms with Crippen LogP contribution in [0.5, 0.6) is 0 Å². The van der Waals surface area contributed by atoms with Crippen LogP contribution in [0.4, 0.5) is 11.5 Å². The summed E-state index contributed by atoms with van der Waals surface area (Å²) in [5, 5.41) is 14.6. The standard InChI is InChI=1S/C12H18N4O2/c1-8-4-5-13-12(11(8)16(17)18)15-6-9(2)14-10(3)7-15/h4-5,9-10,14H,6-7H2,1-3H3. The maximum atomic E-state index is 11.2. The topological polar surface area (TPSA) is 71.3 Å². The fourth-order valence-electron chi connectivity index (χ4n) is 2.49. The first-order valence-corrected chi connectivity index (χ1v) is 6.10. The molecule has 0 spiro atoms. The Balaban J connectivity index is 2.38. The molecule has 2 unspecified atom stereocenters. The van der Waals surface area contributed by atoms with Gasteiger partial charge in [0.2, 0.25) is 5.82 Å². The molecule has 1 aliphatic heterocycles. The third kappa shape index (κ3) is 2.43. The minimum Gasteiger partial charge on any atom is -0.348 e. The molecule has 0 aliphatic carbocycles. The third-order valence-electron chi connectivity index (χ3n) is 3.15. The number of pyridine rings is 1. The van der Waals surface area contributed by atoms with Crippen LogP contribution in [0, 0.1) is 17.0 Å². The van der Waals surface area contributed by atoms with Crippen LogP contribution in [0.15, 0.2) is 12.3 Å². The summed E-state index contributed by atoms with van der Waals surface area (Å²) in [4.78, 5) is 17.0. The van der Waals surface area contributed by atoms with E-state index in [2.05, 4.69) is 24.1 Å². The molecule has 6 nitrogen and oxygen atoms in total. The van der Waals surface area contributed by atoms with E-state index < -0.39 is 0 Å². The van der Waals surface area contributed by atoms with E-state index >= 15 is 0 Å². The quantitative estimate of drug-likeness (QED) is 0.636. The number of anilines is 1. The van der Waals surface area contributed by atoms with Crippen molar-refractivity contribution in [2.75, 3.05) is 18.0 Å². The summed E-state index contributed by atoms with van der Waals surface area (Å²) in [6.45, 7) is 7.37. The van der Waals surface area contributed by atoms with Gasteiger partial charge in [-0.1, -0.05) is 0 Å². The molecule has 1 fully saturated rings. The lowest BCUT2D eigenvalue weighted by molar-refractivity contribution is -0.384. The molecule has 1 aromatic heterocycles. The molecule has 18 heavy (non-hydrogen) atoms. The van der Waals surface area contributed by atoms with Gasteiger partial charge in [0, 0.05) is 36.9 Å². The Labute approximate surface area is 106 Å². The lowest BCUT2D eigenvalue weighted by Crippen LogP contribution is -2.54. The normalized spacial score (nSPS) is 24.1. The maximum absolute atomic E-state index is 11.2. The Hall–Kier alpha value is -1.69. The fraction of sp³-hybridized carbons (Fsp3) is 0.583. The summed E-state index contributed by atoms with van der Waals surface area (Å²) >= 11 is 0. The van der Waals surface area contributed by atoms with Crippen molar-refractivity contribution in [1.29, 1.82) is 0 Å². The van der Waals surface area contributed by atoms with E-state index in [4.69, 9.17) is 0 Å². The summed E-state index contributed by atoms with van der Waals surface area (Å²) in [7, 11) is 0. The van der Waals surface area contributed by atoms with Gasteiger partial charge in [-0.15, -0.1) is 0 Å². The summed E-state index contributed by atoms with van der Waals surface area (Å²) in [5.41, 5.74) is 0.780. The molecule has 0 saturated carbocycles. The molecule has 98 valence electrons. The van der Waals surface area contributed by atoms with Crippen molar-refractivity contribution in [3.05, 3.63) is 27.9 Å². The van der Waals surface area contributed by atoms with Gasteiger partial charge >= 0.3 is 5.69 Å². The third-order valence-corrected chi connectivity index (χ3v) is 3.15. The van der Waals surface area contributed by atoms with Crippen LogP contribution in [0.2, 0.25) is 0 Å². The van der Waals surface area contributed by atoms with Crippen LogP contribution in [0.1, 0.15) is 19.4 Å². The Morgan fingerprint density at radius 3 is 2.61 bits per heavy atom.